The van der Waals surface area contributed by atoms with E-state index in [1.165, 1.54) is 6.42 Å². The molecule has 7 unspecified atom stereocenters. The molecule has 0 bridgehead atoms. The van der Waals surface area contributed by atoms with Gasteiger partial charge in [0.1, 0.15) is 0 Å². The van der Waals surface area contributed by atoms with Crippen molar-refractivity contribution in [2.24, 2.45) is 17.8 Å². The van der Waals surface area contributed by atoms with Crippen molar-refractivity contribution in [3.05, 3.63) is 0 Å². The summed E-state index contributed by atoms with van der Waals surface area (Å²) in [4.78, 5) is 12.0. The minimum Gasteiger partial charge on any atom is -0.466 e. The number of carbonyl (C=O) groups excluding carboxylic acids is 1. The van der Waals surface area contributed by atoms with Crippen LogP contribution in [0.25, 0.3) is 0 Å². The molecule has 0 radical (unpaired) electrons. The fraction of sp³-hybridized carbons (Fsp3) is 0.938. The lowest BCUT2D eigenvalue weighted by Gasteiger charge is -2.44. The number of ether oxygens (including phenoxy) is 2. The van der Waals surface area contributed by atoms with Crippen molar-refractivity contribution in [2.45, 2.75) is 70.7 Å². The molecule has 0 spiro atoms. The number of quaternary nitrogens is 1. The third kappa shape index (κ3) is 2.48. The Kier molecular flexibility index (Phi) is 4.04. The zero-order valence-corrected chi connectivity index (χ0v) is 12.9. The molecule has 3 rings (SSSR count). The first-order valence-electron chi connectivity index (χ1n) is 8.27. The van der Waals surface area contributed by atoms with Crippen LogP contribution in [0.2, 0.25) is 0 Å². The van der Waals surface area contributed by atoms with Gasteiger partial charge in [-0.3, -0.25) is 4.79 Å². The second kappa shape index (κ2) is 5.64. The molecule has 4 nitrogen and oxygen atoms in total. The Morgan fingerprint density at radius 1 is 1.25 bits per heavy atom. The first-order valence-corrected chi connectivity index (χ1v) is 8.27. The summed E-state index contributed by atoms with van der Waals surface area (Å²) in [6.07, 6.45) is 4.99. The van der Waals surface area contributed by atoms with Gasteiger partial charge in [-0.05, 0) is 40.0 Å². The van der Waals surface area contributed by atoms with E-state index in [1.807, 2.05) is 6.92 Å². The van der Waals surface area contributed by atoms with Crippen LogP contribution in [0.3, 0.4) is 0 Å². The molecule has 0 aromatic heterocycles. The van der Waals surface area contributed by atoms with Crippen LogP contribution in [0.1, 0.15) is 46.5 Å². The summed E-state index contributed by atoms with van der Waals surface area (Å²) in [5.74, 6) is 1.29. The second-order valence-electron chi connectivity index (χ2n) is 6.95. The summed E-state index contributed by atoms with van der Waals surface area (Å²) in [6.45, 7) is 6.90. The quantitative estimate of drug-likeness (QED) is 0.772. The molecule has 2 heterocycles. The molecule has 2 aliphatic heterocycles. The molecule has 3 fully saturated rings. The van der Waals surface area contributed by atoms with E-state index in [9.17, 15) is 4.79 Å². The maximum atomic E-state index is 12.0. The van der Waals surface area contributed by atoms with E-state index in [0.29, 0.717) is 42.7 Å². The van der Waals surface area contributed by atoms with Crippen molar-refractivity contribution in [3.8, 4) is 0 Å². The highest BCUT2D eigenvalue weighted by Crippen LogP contribution is 2.42. The number of carbonyl (C=O) groups is 1. The highest BCUT2D eigenvalue weighted by molar-refractivity contribution is 5.72. The first kappa shape index (κ1) is 14.3. The SMILES string of the molecule is CCOC(=O)C1CCC2[NH2+]C(C)C3CC(C)OC3C2C1. The smallest absolute Gasteiger partial charge is 0.308 e. The Morgan fingerprint density at radius 2 is 2.05 bits per heavy atom. The van der Waals surface area contributed by atoms with Crippen molar-refractivity contribution in [3.63, 3.8) is 0 Å². The maximum absolute atomic E-state index is 12.0. The van der Waals surface area contributed by atoms with Gasteiger partial charge in [-0.15, -0.1) is 0 Å². The second-order valence-corrected chi connectivity index (χ2v) is 6.95. The minimum atomic E-state index is 0.00664. The molecule has 3 aliphatic rings. The largest absolute Gasteiger partial charge is 0.466 e. The number of hydrogen-bond acceptors (Lipinski definition) is 3. The van der Waals surface area contributed by atoms with Gasteiger partial charge < -0.3 is 14.8 Å². The number of esters is 1. The van der Waals surface area contributed by atoms with Crippen molar-refractivity contribution >= 4 is 5.97 Å². The summed E-state index contributed by atoms with van der Waals surface area (Å²) in [7, 11) is 0. The van der Waals surface area contributed by atoms with Crippen molar-refractivity contribution in [1.82, 2.24) is 0 Å². The molecular weight excluding hydrogens is 254 g/mol. The molecule has 7 atom stereocenters. The van der Waals surface area contributed by atoms with Crippen LogP contribution in [0.4, 0.5) is 0 Å². The number of hydrogen-bond donors (Lipinski definition) is 1. The fourth-order valence-electron chi connectivity index (χ4n) is 4.73. The summed E-state index contributed by atoms with van der Waals surface area (Å²) < 4.78 is 11.4. The predicted octanol–water partition coefficient (Wildman–Crippen LogP) is 1.09. The Bertz CT molecular complexity index is 373. The molecule has 4 heteroatoms. The van der Waals surface area contributed by atoms with Gasteiger partial charge in [-0.25, -0.2) is 0 Å². The maximum Gasteiger partial charge on any atom is 0.308 e. The van der Waals surface area contributed by atoms with Crippen LogP contribution in [0.15, 0.2) is 0 Å². The van der Waals surface area contributed by atoms with Crippen molar-refractivity contribution in [1.29, 1.82) is 0 Å². The highest BCUT2D eigenvalue weighted by atomic mass is 16.5. The summed E-state index contributed by atoms with van der Waals surface area (Å²) in [5.41, 5.74) is 0. The number of rotatable bonds is 2. The van der Waals surface area contributed by atoms with Gasteiger partial charge >= 0.3 is 5.97 Å². The van der Waals surface area contributed by atoms with Gasteiger partial charge in [0.2, 0.25) is 0 Å². The van der Waals surface area contributed by atoms with E-state index in [0.717, 1.165) is 19.3 Å². The molecule has 114 valence electrons. The van der Waals surface area contributed by atoms with E-state index in [1.54, 1.807) is 0 Å². The third-order valence-corrected chi connectivity index (χ3v) is 5.64. The average molecular weight is 282 g/mol. The van der Waals surface area contributed by atoms with Gasteiger partial charge in [-0.2, -0.15) is 0 Å². The van der Waals surface area contributed by atoms with Crippen molar-refractivity contribution in [2.75, 3.05) is 6.61 Å². The molecule has 1 saturated carbocycles. The third-order valence-electron chi connectivity index (χ3n) is 5.64. The summed E-state index contributed by atoms with van der Waals surface area (Å²) in [5, 5.41) is 2.55. The molecule has 2 N–H and O–H groups in total. The van der Waals surface area contributed by atoms with E-state index < -0.39 is 0 Å². The summed E-state index contributed by atoms with van der Waals surface area (Å²) in [6, 6.07) is 1.30. The molecule has 20 heavy (non-hydrogen) atoms. The molecular formula is C16H28NO3+. The topological polar surface area (TPSA) is 52.1 Å². The minimum absolute atomic E-state index is 0.00664. The van der Waals surface area contributed by atoms with Gasteiger partial charge in [0.15, 0.2) is 0 Å². The Morgan fingerprint density at radius 3 is 2.80 bits per heavy atom. The zero-order chi connectivity index (χ0) is 14.3. The van der Waals surface area contributed by atoms with Crippen LogP contribution in [-0.2, 0) is 14.3 Å². The summed E-state index contributed by atoms with van der Waals surface area (Å²) >= 11 is 0. The van der Waals surface area contributed by atoms with Crippen LogP contribution < -0.4 is 5.32 Å². The molecule has 0 aromatic rings. The molecule has 2 saturated heterocycles. The number of fused-ring (bicyclic) bond motifs is 3. The van der Waals surface area contributed by atoms with Gasteiger partial charge in [-0.1, -0.05) is 0 Å². The van der Waals surface area contributed by atoms with E-state index in [4.69, 9.17) is 9.47 Å². The normalized spacial score (nSPS) is 47.5. The van der Waals surface area contributed by atoms with Gasteiger partial charge in [0.25, 0.3) is 0 Å². The monoisotopic (exact) mass is 282 g/mol. The first-order chi connectivity index (χ1) is 9.60. The zero-order valence-electron chi connectivity index (χ0n) is 12.9. The Hall–Kier alpha value is -0.610. The van der Waals surface area contributed by atoms with Crippen LogP contribution in [0, 0.1) is 17.8 Å². The standard InChI is InChI=1S/C16H27NO3/c1-4-19-16(18)11-5-6-14-13(8-11)15-12(10(3)17-14)7-9(2)20-15/h9-15,17H,4-8H2,1-3H3/p+1. The lowest BCUT2D eigenvalue weighted by atomic mass is 9.68. The lowest BCUT2D eigenvalue weighted by molar-refractivity contribution is -0.745. The highest BCUT2D eigenvalue weighted by Gasteiger charge is 2.53. The van der Waals surface area contributed by atoms with Crippen LogP contribution >= 0.6 is 0 Å². The predicted molar refractivity (Wildman–Crippen MR) is 75.1 cm³/mol. The van der Waals surface area contributed by atoms with Crippen LogP contribution in [-0.4, -0.2) is 36.9 Å². The average Bonchev–Trinajstić information content (AvgIpc) is 2.81. The van der Waals surface area contributed by atoms with E-state index in [-0.39, 0.29) is 11.9 Å². The van der Waals surface area contributed by atoms with Crippen molar-refractivity contribution < 1.29 is 19.6 Å². The number of piperidine rings is 1. The van der Waals surface area contributed by atoms with E-state index in [2.05, 4.69) is 19.2 Å². The van der Waals surface area contributed by atoms with Gasteiger partial charge in [0.05, 0.1) is 36.8 Å². The number of nitrogens with two attached hydrogens (primary N) is 1. The molecule has 0 amide bonds. The molecule has 1 aliphatic carbocycles. The van der Waals surface area contributed by atoms with Gasteiger partial charge in [0, 0.05) is 18.3 Å². The Balaban J connectivity index is 1.71. The molecule has 0 aromatic carbocycles. The lowest BCUT2D eigenvalue weighted by Crippen LogP contribution is -3.00. The van der Waals surface area contributed by atoms with Crippen LogP contribution in [0.5, 0.6) is 0 Å². The fourth-order valence-corrected chi connectivity index (χ4v) is 4.73. The van der Waals surface area contributed by atoms with E-state index >= 15 is 0 Å². The Labute approximate surface area is 121 Å².